The molecular formula is C27H22Cl2N2O4S. The van der Waals surface area contributed by atoms with E-state index in [9.17, 15) is 13.2 Å². The Hall–Kier alpha value is -3.52. The van der Waals surface area contributed by atoms with E-state index >= 15 is 0 Å². The standard InChI is InChI=1S/C27H22Cl2N2O4S/c1-31(36(33,34)24-14-9-20(28)10-15-24)22-12-7-19(8-13-22)17-27(32)30-25-18-21(29)11-16-26(25)35-23-5-3-2-4-6-23/h2-16,18H,17H2,1H3,(H,30,32). The highest BCUT2D eigenvalue weighted by Gasteiger charge is 2.21. The van der Waals surface area contributed by atoms with Crippen molar-refractivity contribution in [2.45, 2.75) is 11.3 Å². The summed E-state index contributed by atoms with van der Waals surface area (Å²) in [6, 6.07) is 26.9. The van der Waals surface area contributed by atoms with E-state index in [1.54, 1.807) is 42.5 Å². The van der Waals surface area contributed by atoms with Crippen molar-refractivity contribution in [2.24, 2.45) is 0 Å². The lowest BCUT2D eigenvalue weighted by molar-refractivity contribution is -0.115. The van der Waals surface area contributed by atoms with Gasteiger partial charge in [-0.25, -0.2) is 8.42 Å². The van der Waals surface area contributed by atoms with Crippen LogP contribution >= 0.6 is 23.2 Å². The molecule has 36 heavy (non-hydrogen) atoms. The van der Waals surface area contributed by atoms with Gasteiger partial charge < -0.3 is 10.1 Å². The highest BCUT2D eigenvalue weighted by Crippen LogP contribution is 2.32. The van der Waals surface area contributed by atoms with Gasteiger partial charge in [-0.3, -0.25) is 9.10 Å². The maximum Gasteiger partial charge on any atom is 0.264 e. The predicted molar refractivity (Wildman–Crippen MR) is 144 cm³/mol. The van der Waals surface area contributed by atoms with Crippen molar-refractivity contribution >= 4 is 50.5 Å². The molecule has 0 saturated heterocycles. The Morgan fingerprint density at radius 3 is 2.17 bits per heavy atom. The van der Waals surface area contributed by atoms with Crippen LogP contribution in [0.1, 0.15) is 5.56 Å². The third-order valence-electron chi connectivity index (χ3n) is 5.32. The lowest BCUT2D eigenvalue weighted by Crippen LogP contribution is -2.26. The van der Waals surface area contributed by atoms with E-state index < -0.39 is 10.0 Å². The van der Waals surface area contributed by atoms with E-state index in [0.717, 1.165) is 0 Å². The Labute approximate surface area is 220 Å². The van der Waals surface area contributed by atoms with Gasteiger partial charge in [0.25, 0.3) is 10.0 Å². The summed E-state index contributed by atoms with van der Waals surface area (Å²) < 4.78 is 32.9. The Balaban J connectivity index is 1.44. The number of nitrogens with one attached hydrogen (secondary N) is 1. The molecule has 0 aliphatic rings. The van der Waals surface area contributed by atoms with Gasteiger partial charge in [0, 0.05) is 17.1 Å². The minimum atomic E-state index is -3.75. The zero-order valence-corrected chi connectivity index (χ0v) is 21.5. The fourth-order valence-corrected chi connectivity index (χ4v) is 4.90. The van der Waals surface area contributed by atoms with Crippen LogP contribution in [0, 0.1) is 0 Å². The molecule has 9 heteroatoms. The molecule has 4 rings (SSSR count). The number of benzene rings is 4. The first-order chi connectivity index (χ1) is 17.2. The van der Waals surface area contributed by atoms with Crippen molar-refractivity contribution in [1.29, 1.82) is 0 Å². The maximum absolute atomic E-state index is 12.9. The number of sulfonamides is 1. The Morgan fingerprint density at radius 2 is 1.50 bits per heavy atom. The summed E-state index contributed by atoms with van der Waals surface area (Å²) >= 11 is 12.0. The zero-order chi connectivity index (χ0) is 25.7. The van der Waals surface area contributed by atoms with Crippen LogP contribution in [0.3, 0.4) is 0 Å². The van der Waals surface area contributed by atoms with Crippen molar-refractivity contribution in [1.82, 2.24) is 0 Å². The molecule has 1 amide bonds. The molecular weight excluding hydrogens is 519 g/mol. The molecule has 0 radical (unpaired) electrons. The number of nitrogens with zero attached hydrogens (tertiary/aromatic N) is 1. The molecule has 184 valence electrons. The summed E-state index contributed by atoms with van der Waals surface area (Å²) in [5, 5.41) is 3.76. The van der Waals surface area contributed by atoms with Gasteiger partial charge in [-0.2, -0.15) is 0 Å². The molecule has 0 bridgehead atoms. The largest absolute Gasteiger partial charge is 0.455 e. The maximum atomic E-state index is 12.9. The first kappa shape index (κ1) is 25.6. The number of hydrogen-bond acceptors (Lipinski definition) is 4. The van der Waals surface area contributed by atoms with E-state index in [1.165, 1.54) is 35.6 Å². The van der Waals surface area contributed by atoms with Crippen LogP contribution in [0.2, 0.25) is 10.0 Å². The third kappa shape index (κ3) is 6.18. The van der Waals surface area contributed by atoms with Gasteiger partial charge in [0.15, 0.2) is 5.75 Å². The van der Waals surface area contributed by atoms with Crippen molar-refractivity contribution < 1.29 is 17.9 Å². The Morgan fingerprint density at radius 1 is 0.861 bits per heavy atom. The molecule has 0 spiro atoms. The topological polar surface area (TPSA) is 75.7 Å². The second-order valence-electron chi connectivity index (χ2n) is 7.87. The first-order valence-electron chi connectivity index (χ1n) is 10.9. The highest BCUT2D eigenvalue weighted by atomic mass is 35.5. The number of amides is 1. The van der Waals surface area contributed by atoms with Gasteiger partial charge in [-0.05, 0) is 72.3 Å². The molecule has 1 N–H and O–H groups in total. The number of carbonyl (C=O) groups excluding carboxylic acids is 1. The quantitative estimate of drug-likeness (QED) is 0.267. The van der Waals surface area contributed by atoms with E-state index in [1.807, 2.05) is 30.3 Å². The van der Waals surface area contributed by atoms with Crippen molar-refractivity contribution in [3.05, 3.63) is 113 Å². The molecule has 0 fully saturated rings. The molecule has 0 unspecified atom stereocenters. The van der Waals surface area contributed by atoms with Gasteiger partial charge in [-0.15, -0.1) is 0 Å². The summed E-state index contributed by atoms with van der Waals surface area (Å²) in [5.74, 6) is 0.817. The van der Waals surface area contributed by atoms with E-state index in [-0.39, 0.29) is 17.2 Å². The Bertz CT molecular complexity index is 1460. The van der Waals surface area contributed by atoms with Gasteiger partial charge in [0.05, 0.1) is 22.7 Å². The van der Waals surface area contributed by atoms with Crippen molar-refractivity contribution in [3.63, 3.8) is 0 Å². The fourth-order valence-electron chi connectivity index (χ4n) is 3.41. The highest BCUT2D eigenvalue weighted by molar-refractivity contribution is 7.92. The number of rotatable bonds is 8. The van der Waals surface area contributed by atoms with Crippen molar-refractivity contribution in [3.8, 4) is 11.5 Å². The van der Waals surface area contributed by atoms with Crippen molar-refractivity contribution in [2.75, 3.05) is 16.7 Å². The number of halogens is 2. The zero-order valence-electron chi connectivity index (χ0n) is 19.2. The average molecular weight is 541 g/mol. The number of anilines is 2. The van der Waals surface area contributed by atoms with Gasteiger partial charge in [0.1, 0.15) is 5.75 Å². The summed E-state index contributed by atoms with van der Waals surface area (Å²) in [5.41, 5.74) is 1.62. The number of hydrogen-bond donors (Lipinski definition) is 1. The minimum Gasteiger partial charge on any atom is -0.455 e. The molecule has 0 aliphatic heterocycles. The van der Waals surface area contributed by atoms with Gasteiger partial charge >= 0.3 is 0 Å². The molecule has 0 aromatic heterocycles. The van der Waals surface area contributed by atoms with Crippen LogP contribution in [-0.2, 0) is 21.2 Å². The van der Waals surface area contributed by atoms with Gasteiger partial charge in [-0.1, -0.05) is 53.5 Å². The molecule has 4 aromatic rings. The van der Waals surface area contributed by atoms with Gasteiger partial charge in [0.2, 0.25) is 5.91 Å². The van der Waals surface area contributed by atoms with E-state index in [0.29, 0.717) is 38.5 Å². The molecule has 6 nitrogen and oxygen atoms in total. The normalized spacial score (nSPS) is 11.1. The average Bonchev–Trinajstić information content (AvgIpc) is 2.86. The second-order valence-corrected chi connectivity index (χ2v) is 10.7. The third-order valence-corrected chi connectivity index (χ3v) is 7.61. The van der Waals surface area contributed by atoms with Crippen LogP contribution in [0.5, 0.6) is 11.5 Å². The molecule has 4 aromatic carbocycles. The molecule has 0 aliphatic carbocycles. The van der Waals surface area contributed by atoms with E-state index in [4.69, 9.17) is 27.9 Å². The predicted octanol–water partition coefficient (Wildman–Crippen LogP) is 6.79. The molecule has 0 saturated carbocycles. The summed E-state index contributed by atoms with van der Waals surface area (Å²) in [7, 11) is -2.28. The SMILES string of the molecule is CN(c1ccc(CC(=O)Nc2cc(Cl)ccc2Oc2ccccc2)cc1)S(=O)(=O)c1ccc(Cl)cc1. The summed E-state index contributed by atoms with van der Waals surface area (Å²) in [6.07, 6.45) is 0.0746. The minimum absolute atomic E-state index is 0.0746. The van der Waals surface area contributed by atoms with E-state index in [2.05, 4.69) is 5.32 Å². The second kappa shape index (κ2) is 11.0. The van der Waals surface area contributed by atoms with Crippen LogP contribution in [0.25, 0.3) is 0 Å². The number of ether oxygens (including phenoxy) is 1. The lowest BCUT2D eigenvalue weighted by Gasteiger charge is -2.20. The summed E-state index contributed by atoms with van der Waals surface area (Å²) in [6.45, 7) is 0. The summed E-state index contributed by atoms with van der Waals surface area (Å²) in [4.78, 5) is 12.9. The van der Waals surface area contributed by atoms with Crippen LogP contribution in [-0.4, -0.2) is 21.4 Å². The van der Waals surface area contributed by atoms with Crippen LogP contribution in [0.4, 0.5) is 11.4 Å². The van der Waals surface area contributed by atoms with Crippen LogP contribution < -0.4 is 14.4 Å². The first-order valence-corrected chi connectivity index (χ1v) is 13.1. The number of para-hydroxylation sites is 1. The Kier molecular flexibility index (Phi) is 7.84. The monoisotopic (exact) mass is 540 g/mol. The van der Waals surface area contributed by atoms with Crippen LogP contribution in [0.15, 0.2) is 102 Å². The smallest absolute Gasteiger partial charge is 0.264 e. The number of carbonyl (C=O) groups is 1. The fraction of sp³-hybridized carbons (Fsp3) is 0.0741. The molecule has 0 heterocycles. The molecule has 0 atom stereocenters. The lowest BCUT2D eigenvalue weighted by atomic mass is 10.1.